The van der Waals surface area contributed by atoms with E-state index >= 15 is 0 Å². The summed E-state index contributed by atoms with van der Waals surface area (Å²) in [6.45, 7) is 2.83. The summed E-state index contributed by atoms with van der Waals surface area (Å²) in [4.78, 5) is 40.5. The largest absolute Gasteiger partial charge is 0.490 e. The van der Waals surface area contributed by atoms with Crippen LogP contribution in [0, 0.1) is 5.41 Å². The van der Waals surface area contributed by atoms with Crippen molar-refractivity contribution in [2.45, 2.75) is 37.7 Å². The Labute approximate surface area is 223 Å². The van der Waals surface area contributed by atoms with E-state index in [4.69, 9.17) is 29.3 Å². The molecule has 0 aromatic carbocycles. The molecule has 2 saturated heterocycles. The first-order valence-corrected chi connectivity index (χ1v) is 11.6. The number of aromatic nitrogens is 2. The van der Waals surface area contributed by atoms with Gasteiger partial charge < -0.3 is 24.6 Å². The summed E-state index contributed by atoms with van der Waals surface area (Å²) >= 11 is 0. The van der Waals surface area contributed by atoms with E-state index in [0.29, 0.717) is 18.1 Å². The fourth-order valence-corrected chi connectivity index (χ4v) is 3.82. The summed E-state index contributed by atoms with van der Waals surface area (Å²) in [5.41, 5.74) is 0.882. The van der Waals surface area contributed by atoms with Crippen LogP contribution in [0.3, 0.4) is 0 Å². The van der Waals surface area contributed by atoms with E-state index in [9.17, 15) is 31.1 Å². The Bertz CT molecular complexity index is 1090. The highest BCUT2D eigenvalue weighted by Crippen LogP contribution is 2.42. The van der Waals surface area contributed by atoms with Gasteiger partial charge in [0, 0.05) is 43.3 Å². The predicted molar refractivity (Wildman–Crippen MR) is 123 cm³/mol. The number of halogens is 6. The van der Waals surface area contributed by atoms with Gasteiger partial charge in [-0.05, 0) is 42.9 Å². The number of ether oxygens (including phenoxy) is 2. The Kier molecular flexibility index (Phi) is 11.2. The van der Waals surface area contributed by atoms with Crippen molar-refractivity contribution in [3.05, 3.63) is 54.5 Å². The van der Waals surface area contributed by atoms with E-state index in [2.05, 4.69) is 9.97 Å². The van der Waals surface area contributed by atoms with E-state index in [1.807, 2.05) is 23.1 Å². The Hall–Kier alpha value is -3.95. The van der Waals surface area contributed by atoms with Crippen molar-refractivity contribution in [3.8, 4) is 5.88 Å². The van der Waals surface area contributed by atoms with Crippen molar-refractivity contribution in [1.82, 2.24) is 14.9 Å². The molecule has 2 aromatic rings. The molecule has 1 unspecified atom stereocenters. The molecule has 10 nitrogen and oxygen atoms in total. The molecule has 2 aromatic heterocycles. The molecule has 16 heteroatoms. The number of amides is 1. The van der Waals surface area contributed by atoms with Crippen LogP contribution in [0.2, 0.25) is 0 Å². The summed E-state index contributed by atoms with van der Waals surface area (Å²) in [6, 6.07) is 9.19. The number of pyridine rings is 2. The first-order valence-electron chi connectivity index (χ1n) is 11.6. The maximum atomic E-state index is 12.6. The molecule has 2 aliphatic rings. The lowest BCUT2D eigenvalue weighted by atomic mass is 9.76. The van der Waals surface area contributed by atoms with E-state index in [-0.39, 0.29) is 17.4 Å². The fourth-order valence-electron chi connectivity index (χ4n) is 3.82. The molecular formula is C24H25F6N3O7. The zero-order valence-electron chi connectivity index (χ0n) is 20.7. The first-order chi connectivity index (χ1) is 18.6. The van der Waals surface area contributed by atoms with Crippen molar-refractivity contribution < 1.29 is 60.4 Å². The Balaban J connectivity index is 0.000000333. The first kappa shape index (κ1) is 32.3. The monoisotopic (exact) mass is 581 g/mol. The van der Waals surface area contributed by atoms with Gasteiger partial charge in [0.05, 0.1) is 12.7 Å². The van der Waals surface area contributed by atoms with Crippen LogP contribution in [0.5, 0.6) is 5.88 Å². The highest BCUT2D eigenvalue weighted by molar-refractivity contribution is 5.94. The lowest BCUT2D eigenvalue weighted by Gasteiger charge is -2.38. The maximum Gasteiger partial charge on any atom is 0.490 e. The molecule has 2 fully saturated rings. The predicted octanol–water partition coefficient (Wildman–Crippen LogP) is 3.83. The van der Waals surface area contributed by atoms with Gasteiger partial charge in [-0.3, -0.25) is 9.78 Å². The minimum absolute atomic E-state index is 0.0937. The number of alkyl halides is 6. The number of carbonyl (C=O) groups excluding carboxylic acids is 1. The Morgan fingerprint density at radius 3 is 1.98 bits per heavy atom. The zero-order chi connectivity index (χ0) is 30.0. The van der Waals surface area contributed by atoms with Crippen LogP contribution in [0.15, 0.2) is 48.9 Å². The summed E-state index contributed by atoms with van der Waals surface area (Å²) < 4.78 is 75.2. The van der Waals surface area contributed by atoms with Crippen LogP contribution < -0.4 is 4.74 Å². The average Bonchev–Trinajstić information content (AvgIpc) is 3.30. The number of carbonyl (C=O) groups is 3. The number of carboxylic acids is 2. The second-order valence-electron chi connectivity index (χ2n) is 8.75. The standard InChI is InChI=1S/C20H23N3O3.2C2HF3O2/c24-19(16-4-9-21-10-5-16)23-11-6-20(7-12-23)13-17(26-15-20)14-25-18-3-1-2-8-22-18;2*3-2(4,5)1(6)7/h1-5,8-10,17H,6-7,11-15H2;2*(H,6,7). The second-order valence-corrected chi connectivity index (χ2v) is 8.75. The van der Waals surface area contributed by atoms with Crippen LogP contribution in [-0.4, -0.2) is 87.7 Å². The second kappa shape index (κ2) is 13.9. The summed E-state index contributed by atoms with van der Waals surface area (Å²) in [6.07, 6.45) is -2.09. The van der Waals surface area contributed by atoms with Crippen molar-refractivity contribution in [2.75, 3.05) is 26.3 Å². The normalized spacial score (nSPS) is 18.1. The number of aliphatic carboxylic acids is 2. The summed E-state index contributed by atoms with van der Waals surface area (Å²) in [5, 5.41) is 14.2. The molecule has 40 heavy (non-hydrogen) atoms. The van der Waals surface area contributed by atoms with Crippen LogP contribution in [0.4, 0.5) is 26.3 Å². The SMILES string of the molecule is O=C(O)C(F)(F)F.O=C(O)C(F)(F)F.O=C(c1ccncc1)N1CCC2(CC1)COC(COc1ccccn1)C2. The maximum absolute atomic E-state index is 12.6. The number of likely N-dealkylation sites (tertiary alicyclic amines) is 1. The molecule has 1 amide bonds. The van der Waals surface area contributed by atoms with Crippen LogP contribution in [0.25, 0.3) is 0 Å². The number of nitrogens with zero attached hydrogens (tertiary/aromatic N) is 3. The number of carboxylic acid groups (broad SMARTS) is 2. The van der Waals surface area contributed by atoms with E-state index < -0.39 is 24.3 Å². The van der Waals surface area contributed by atoms with Crippen LogP contribution in [0.1, 0.15) is 29.6 Å². The highest BCUT2D eigenvalue weighted by atomic mass is 19.4. The van der Waals surface area contributed by atoms with Crippen LogP contribution >= 0.6 is 0 Å². The number of rotatable bonds is 4. The van der Waals surface area contributed by atoms with E-state index in [0.717, 1.165) is 39.0 Å². The minimum Gasteiger partial charge on any atom is -0.475 e. The fraction of sp³-hybridized carbons (Fsp3) is 0.458. The average molecular weight is 581 g/mol. The van der Waals surface area contributed by atoms with Crippen LogP contribution in [-0.2, 0) is 14.3 Å². The summed E-state index contributed by atoms with van der Waals surface area (Å²) in [5.74, 6) is -4.79. The van der Waals surface area contributed by atoms with Crippen molar-refractivity contribution in [3.63, 3.8) is 0 Å². The third-order valence-corrected chi connectivity index (χ3v) is 5.86. The van der Waals surface area contributed by atoms with Gasteiger partial charge in [-0.2, -0.15) is 26.3 Å². The number of hydrogen-bond donors (Lipinski definition) is 2. The van der Waals surface area contributed by atoms with Gasteiger partial charge in [-0.25, -0.2) is 14.6 Å². The molecule has 220 valence electrons. The molecule has 0 radical (unpaired) electrons. The highest BCUT2D eigenvalue weighted by Gasteiger charge is 2.43. The van der Waals surface area contributed by atoms with Gasteiger partial charge in [-0.15, -0.1) is 0 Å². The van der Waals surface area contributed by atoms with Gasteiger partial charge in [0.15, 0.2) is 0 Å². The molecular weight excluding hydrogens is 556 g/mol. The molecule has 2 N–H and O–H groups in total. The lowest BCUT2D eigenvalue weighted by molar-refractivity contribution is -0.193. The molecule has 0 saturated carbocycles. The molecule has 2 aliphatic heterocycles. The van der Waals surface area contributed by atoms with Gasteiger partial charge in [0.1, 0.15) is 6.61 Å². The lowest BCUT2D eigenvalue weighted by Crippen LogP contribution is -2.43. The van der Waals surface area contributed by atoms with Gasteiger partial charge in [0.2, 0.25) is 5.88 Å². The quantitative estimate of drug-likeness (QED) is 0.516. The molecule has 4 rings (SSSR count). The number of piperidine rings is 1. The van der Waals surface area contributed by atoms with Crippen molar-refractivity contribution in [1.29, 1.82) is 0 Å². The Morgan fingerprint density at radius 2 is 1.50 bits per heavy atom. The Morgan fingerprint density at radius 1 is 0.950 bits per heavy atom. The summed E-state index contributed by atoms with van der Waals surface area (Å²) in [7, 11) is 0. The van der Waals surface area contributed by atoms with Gasteiger partial charge in [0.25, 0.3) is 5.91 Å². The van der Waals surface area contributed by atoms with E-state index in [1.54, 1.807) is 30.7 Å². The third kappa shape index (κ3) is 10.3. The molecule has 1 spiro atoms. The van der Waals surface area contributed by atoms with Gasteiger partial charge in [-0.1, -0.05) is 6.07 Å². The van der Waals surface area contributed by atoms with Gasteiger partial charge >= 0.3 is 24.3 Å². The molecule has 0 aliphatic carbocycles. The molecule has 4 heterocycles. The van der Waals surface area contributed by atoms with Crippen molar-refractivity contribution >= 4 is 17.8 Å². The smallest absolute Gasteiger partial charge is 0.475 e. The third-order valence-electron chi connectivity index (χ3n) is 5.86. The minimum atomic E-state index is -5.08. The van der Waals surface area contributed by atoms with Crippen molar-refractivity contribution in [2.24, 2.45) is 5.41 Å². The number of hydrogen-bond acceptors (Lipinski definition) is 7. The molecule has 0 bridgehead atoms. The molecule has 1 atom stereocenters. The van der Waals surface area contributed by atoms with E-state index in [1.165, 1.54) is 0 Å². The zero-order valence-corrected chi connectivity index (χ0v) is 20.7. The topological polar surface area (TPSA) is 139 Å².